The van der Waals surface area contributed by atoms with Gasteiger partial charge in [-0.05, 0) is 25.0 Å². The van der Waals surface area contributed by atoms with Gasteiger partial charge < -0.3 is 20.7 Å². The van der Waals surface area contributed by atoms with Gasteiger partial charge in [0.05, 0.1) is 17.5 Å². The van der Waals surface area contributed by atoms with Crippen molar-refractivity contribution in [1.82, 2.24) is 0 Å². The number of nitrogens with one attached hydrogen (secondary N) is 1. The molecule has 2 atom stereocenters. The van der Waals surface area contributed by atoms with E-state index in [1.54, 1.807) is 19.2 Å². The monoisotopic (exact) mass is 327 g/mol. The molecule has 1 aliphatic heterocycles. The number of anilines is 2. The van der Waals surface area contributed by atoms with Crippen LogP contribution in [0.3, 0.4) is 0 Å². The Morgan fingerprint density at radius 1 is 1.36 bits per heavy atom. The zero-order valence-corrected chi connectivity index (χ0v) is 13.6. The number of carbonyl (C=O) groups excluding carboxylic acids is 2. The van der Waals surface area contributed by atoms with Crippen molar-refractivity contribution >= 4 is 35.6 Å². The zero-order chi connectivity index (χ0) is 15.4. The van der Waals surface area contributed by atoms with Gasteiger partial charge in [-0.3, -0.25) is 9.59 Å². The lowest BCUT2D eigenvalue weighted by atomic mass is 10.2. The molecule has 1 aromatic carbocycles. The van der Waals surface area contributed by atoms with Crippen LogP contribution in [-0.2, 0) is 14.3 Å². The van der Waals surface area contributed by atoms with Crippen molar-refractivity contribution in [2.24, 2.45) is 5.73 Å². The minimum atomic E-state index is -0.478. The van der Waals surface area contributed by atoms with E-state index in [1.807, 2.05) is 12.1 Å². The van der Waals surface area contributed by atoms with Crippen LogP contribution in [0.2, 0.25) is 0 Å². The van der Waals surface area contributed by atoms with Gasteiger partial charge in [-0.2, -0.15) is 0 Å². The molecule has 22 heavy (non-hydrogen) atoms. The highest BCUT2D eigenvalue weighted by Crippen LogP contribution is 2.26. The van der Waals surface area contributed by atoms with Gasteiger partial charge >= 0.3 is 0 Å². The molecule has 0 aromatic heterocycles. The molecular formula is C15H22ClN3O3. The number of para-hydroxylation sites is 2. The molecule has 1 fully saturated rings. The Kier molecular flexibility index (Phi) is 6.80. The summed E-state index contributed by atoms with van der Waals surface area (Å²) in [7, 11) is 1.67. The van der Waals surface area contributed by atoms with Crippen LogP contribution in [0.25, 0.3) is 0 Å². The van der Waals surface area contributed by atoms with Crippen LogP contribution in [0, 0.1) is 0 Å². The SMILES string of the molecule is CC(=O)N(C)c1ccccc1NC(=O)[C@@H]1CC[C@H](CN)O1.Cl. The third-order valence-corrected chi connectivity index (χ3v) is 3.66. The third-order valence-electron chi connectivity index (χ3n) is 3.66. The van der Waals surface area contributed by atoms with Crippen LogP contribution in [0.4, 0.5) is 11.4 Å². The molecule has 0 saturated carbocycles. The van der Waals surface area contributed by atoms with Gasteiger partial charge in [0.1, 0.15) is 6.10 Å². The molecule has 3 N–H and O–H groups in total. The zero-order valence-electron chi connectivity index (χ0n) is 12.7. The smallest absolute Gasteiger partial charge is 0.253 e. The number of ether oxygens (including phenoxy) is 1. The molecule has 0 aliphatic carbocycles. The Hall–Kier alpha value is -1.63. The normalized spacial score (nSPS) is 20.1. The summed E-state index contributed by atoms with van der Waals surface area (Å²) in [6.07, 6.45) is 0.937. The molecule has 1 heterocycles. The lowest BCUT2D eigenvalue weighted by molar-refractivity contribution is -0.126. The van der Waals surface area contributed by atoms with Crippen LogP contribution >= 0.6 is 12.4 Å². The first-order valence-electron chi connectivity index (χ1n) is 7.02. The molecule has 2 rings (SSSR count). The Morgan fingerprint density at radius 3 is 2.64 bits per heavy atom. The van der Waals surface area contributed by atoms with Crippen molar-refractivity contribution in [1.29, 1.82) is 0 Å². The first-order chi connectivity index (χ1) is 10.0. The van der Waals surface area contributed by atoms with E-state index in [-0.39, 0.29) is 30.3 Å². The highest BCUT2D eigenvalue weighted by molar-refractivity contribution is 6.01. The Labute approximate surface area is 136 Å². The summed E-state index contributed by atoms with van der Waals surface area (Å²) in [5.74, 6) is -0.299. The number of halogens is 1. The average molecular weight is 328 g/mol. The van der Waals surface area contributed by atoms with Gasteiger partial charge in [0.15, 0.2) is 0 Å². The average Bonchev–Trinajstić information content (AvgIpc) is 2.96. The van der Waals surface area contributed by atoms with Crippen LogP contribution in [0.15, 0.2) is 24.3 Å². The summed E-state index contributed by atoms with van der Waals surface area (Å²) in [4.78, 5) is 25.2. The second-order valence-electron chi connectivity index (χ2n) is 5.14. The molecule has 0 radical (unpaired) electrons. The maximum Gasteiger partial charge on any atom is 0.253 e. The van der Waals surface area contributed by atoms with Crippen molar-refractivity contribution in [3.05, 3.63) is 24.3 Å². The van der Waals surface area contributed by atoms with Gasteiger partial charge in [-0.25, -0.2) is 0 Å². The van der Waals surface area contributed by atoms with E-state index >= 15 is 0 Å². The molecule has 1 aromatic rings. The maximum absolute atomic E-state index is 12.2. The maximum atomic E-state index is 12.2. The molecule has 7 heteroatoms. The summed E-state index contributed by atoms with van der Waals surface area (Å²) in [6, 6.07) is 7.18. The second kappa shape index (κ2) is 8.12. The van der Waals surface area contributed by atoms with Gasteiger partial charge in [0.25, 0.3) is 5.91 Å². The second-order valence-corrected chi connectivity index (χ2v) is 5.14. The number of rotatable bonds is 4. The number of carbonyl (C=O) groups is 2. The van der Waals surface area contributed by atoms with Crippen LogP contribution < -0.4 is 16.0 Å². The molecule has 0 unspecified atom stereocenters. The van der Waals surface area contributed by atoms with Crippen LogP contribution in [0.5, 0.6) is 0 Å². The van der Waals surface area contributed by atoms with Crippen molar-refractivity contribution < 1.29 is 14.3 Å². The number of hydrogen-bond donors (Lipinski definition) is 2. The van der Waals surface area contributed by atoms with E-state index in [1.165, 1.54) is 11.8 Å². The lowest BCUT2D eigenvalue weighted by Gasteiger charge is -2.20. The lowest BCUT2D eigenvalue weighted by Crippen LogP contribution is -2.31. The first kappa shape index (κ1) is 18.4. The van der Waals surface area contributed by atoms with E-state index in [0.717, 1.165) is 6.42 Å². The van der Waals surface area contributed by atoms with Crippen LogP contribution in [0.1, 0.15) is 19.8 Å². The Bertz CT molecular complexity index is 539. The first-order valence-corrected chi connectivity index (χ1v) is 7.02. The number of benzene rings is 1. The predicted molar refractivity (Wildman–Crippen MR) is 88.4 cm³/mol. The van der Waals surface area contributed by atoms with Gasteiger partial charge in [-0.1, -0.05) is 12.1 Å². The fourth-order valence-corrected chi connectivity index (χ4v) is 2.33. The molecule has 122 valence electrons. The molecule has 2 amide bonds. The van der Waals surface area contributed by atoms with Gasteiger partial charge in [-0.15, -0.1) is 12.4 Å². The molecule has 6 nitrogen and oxygen atoms in total. The highest BCUT2D eigenvalue weighted by Gasteiger charge is 2.30. The number of hydrogen-bond acceptors (Lipinski definition) is 4. The van der Waals surface area contributed by atoms with Crippen molar-refractivity contribution in [3.8, 4) is 0 Å². The number of nitrogens with zero attached hydrogens (tertiary/aromatic N) is 1. The Morgan fingerprint density at radius 2 is 2.05 bits per heavy atom. The minimum Gasteiger partial charge on any atom is -0.364 e. The minimum absolute atomic E-state index is 0. The predicted octanol–water partition coefficient (Wildman–Crippen LogP) is 1.54. The van der Waals surface area contributed by atoms with Crippen molar-refractivity contribution in [2.45, 2.75) is 32.0 Å². The van der Waals surface area contributed by atoms with Gasteiger partial charge in [0.2, 0.25) is 5.91 Å². The Balaban J connectivity index is 0.00000242. The molecule has 0 bridgehead atoms. The fraction of sp³-hybridized carbons (Fsp3) is 0.467. The summed E-state index contributed by atoms with van der Waals surface area (Å²) >= 11 is 0. The third kappa shape index (κ3) is 4.19. The van der Waals surface area contributed by atoms with Crippen LogP contribution in [-0.4, -0.2) is 37.6 Å². The molecule has 1 aliphatic rings. The molecule has 1 saturated heterocycles. The summed E-state index contributed by atoms with van der Waals surface area (Å²) in [5.41, 5.74) is 6.80. The quantitative estimate of drug-likeness (QED) is 0.878. The van der Waals surface area contributed by atoms with E-state index in [9.17, 15) is 9.59 Å². The standard InChI is InChI=1S/C15H21N3O3.ClH/c1-10(19)18(2)13-6-4-3-5-12(13)17-15(20)14-8-7-11(9-16)21-14;/h3-6,11,14H,7-9,16H2,1-2H3,(H,17,20);1H/t11-,14+;/m1./s1. The van der Waals surface area contributed by atoms with E-state index in [0.29, 0.717) is 24.3 Å². The largest absolute Gasteiger partial charge is 0.364 e. The van der Waals surface area contributed by atoms with Crippen molar-refractivity contribution in [3.63, 3.8) is 0 Å². The van der Waals surface area contributed by atoms with E-state index in [2.05, 4.69) is 5.32 Å². The highest BCUT2D eigenvalue weighted by atomic mass is 35.5. The van der Waals surface area contributed by atoms with E-state index < -0.39 is 6.10 Å². The summed E-state index contributed by atoms with van der Waals surface area (Å²) in [6.45, 7) is 1.90. The van der Waals surface area contributed by atoms with E-state index in [4.69, 9.17) is 10.5 Å². The number of amides is 2. The topological polar surface area (TPSA) is 84.7 Å². The molecular weight excluding hydrogens is 306 g/mol. The molecule has 0 spiro atoms. The summed E-state index contributed by atoms with van der Waals surface area (Å²) in [5, 5.41) is 2.83. The van der Waals surface area contributed by atoms with Crippen molar-refractivity contribution in [2.75, 3.05) is 23.8 Å². The fourth-order valence-electron chi connectivity index (χ4n) is 2.33. The summed E-state index contributed by atoms with van der Waals surface area (Å²) < 4.78 is 5.57. The van der Waals surface area contributed by atoms with Gasteiger partial charge in [0, 0.05) is 20.5 Å². The number of nitrogens with two attached hydrogens (primary N) is 1.